The van der Waals surface area contributed by atoms with E-state index in [2.05, 4.69) is 20.4 Å². The quantitative estimate of drug-likeness (QED) is 0.785. The highest BCUT2D eigenvalue weighted by molar-refractivity contribution is 5.90. The molecule has 0 saturated carbocycles. The third-order valence-corrected chi connectivity index (χ3v) is 3.10. The summed E-state index contributed by atoms with van der Waals surface area (Å²) in [4.78, 5) is 31.7. The molecule has 0 radical (unpaired) electrons. The van der Waals surface area contributed by atoms with Crippen LogP contribution in [-0.4, -0.2) is 25.7 Å². The molecule has 1 amide bonds. The monoisotopic (exact) mass is 307 g/mol. The van der Waals surface area contributed by atoms with Gasteiger partial charge in [-0.1, -0.05) is 0 Å². The molecule has 114 valence electrons. The Bertz CT molecular complexity index is 862. The Morgan fingerprint density at radius 2 is 1.61 bits per heavy atom. The van der Waals surface area contributed by atoms with Gasteiger partial charge in [0, 0.05) is 42.1 Å². The van der Waals surface area contributed by atoms with Crippen LogP contribution in [0.2, 0.25) is 0 Å². The molecule has 0 unspecified atom stereocenters. The molecule has 0 aliphatic carbocycles. The fourth-order valence-corrected chi connectivity index (χ4v) is 2.01. The first-order valence-electron chi connectivity index (χ1n) is 6.91. The van der Waals surface area contributed by atoms with E-state index in [-0.39, 0.29) is 18.0 Å². The Labute approximate surface area is 131 Å². The van der Waals surface area contributed by atoms with Gasteiger partial charge in [-0.25, -0.2) is 4.68 Å². The zero-order valence-electron chi connectivity index (χ0n) is 12.1. The van der Waals surface area contributed by atoms with Gasteiger partial charge in [0.05, 0.1) is 5.69 Å². The van der Waals surface area contributed by atoms with Crippen molar-refractivity contribution in [3.05, 3.63) is 71.5 Å². The van der Waals surface area contributed by atoms with Crippen LogP contribution in [0.15, 0.2) is 66.0 Å². The second kappa shape index (κ2) is 6.61. The van der Waals surface area contributed by atoms with Crippen LogP contribution < -0.4 is 10.9 Å². The van der Waals surface area contributed by atoms with Crippen molar-refractivity contribution < 1.29 is 4.79 Å². The van der Waals surface area contributed by atoms with Crippen molar-refractivity contribution in [3.8, 4) is 11.3 Å². The second-order valence-corrected chi connectivity index (χ2v) is 4.73. The third-order valence-electron chi connectivity index (χ3n) is 3.10. The number of aromatic nitrogens is 4. The SMILES string of the molecule is O=C(Cn1nc(-c2ccncc2)ccc1=O)Nc1ccncc1. The molecule has 0 aliphatic heterocycles. The van der Waals surface area contributed by atoms with Crippen molar-refractivity contribution in [1.29, 1.82) is 0 Å². The average Bonchev–Trinajstić information content (AvgIpc) is 2.58. The zero-order valence-corrected chi connectivity index (χ0v) is 12.1. The molecule has 23 heavy (non-hydrogen) atoms. The Kier molecular flexibility index (Phi) is 4.19. The number of hydrogen-bond acceptors (Lipinski definition) is 5. The van der Waals surface area contributed by atoms with Crippen molar-refractivity contribution >= 4 is 11.6 Å². The molecule has 0 aliphatic rings. The fraction of sp³-hybridized carbons (Fsp3) is 0.0625. The Morgan fingerprint density at radius 3 is 2.30 bits per heavy atom. The molecule has 0 bridgehead atoms. The van der Waals surface area contributed by atoms with Crippen LogP contribution in [0.1, 0.15) is 0 Å². The van der Waals surface area contributed by atoms with E-state index in [1.807, 2.05) is 0 Å². The summed E-state index contributed by atoms with van der Waals surface area (Å²) >= 11 is 0. The van der Waals surface area contributed by atoms with E-state index in [1.165, 1.54) is 6.07 Å². The summed E-state index contributed by atoms with van der Waals surface area (Å²) in [6.07, 6.45) is 6.43. The lowest BCUT2D eigenvalue weighted by Gasteiger charge is -2.08. The van der Waals surface area contributed by atoms with E-state index < -0.39 is 0 Å². The molecular weight excluding hydrogens is 294 g/mol. The normalized spacial score (nSPS) is 10.3. The Hall–Kier alpha value is -3.35. The number of nitrogens with one attached hydrogen (secondary N) is 1. The zero-order chi connectivity index (χ0) is 16.1. The first-order valence-corrected chi connectivity index (χ1v) is 6.91. The van der Waals surface area contributed by atoms with Crippen molar-refractivity contribution in [2.75, 3.05) is 5.32 Å². The smallest absolute Gasteiger partial charge is 0.267 e. The summed E-state index contributed by atoms with van der Waals surface area (Å²) in [6.45, 7) is -0.167. The van der Waals surface area contributed by atoms with Crippen LogP contribution in [0, 0.1) is 0 Å². The molecule has 3 rings (SSSR count). The van der Waals surface area contributed by atoms with Crippen LogP contribution in [-0.2, 0) is 11.3 Å². The lowest BCUT2D eigenvalue weighted by atomic mass is 10.2. The van der Waals surface area contributed by atoms with Gasteiger partial charge in [-0.05, 0) is 30.3 Å². The number of nitrogens with zero attached hydrogens (tertiary/aromatic N) is 4. The average molecular weight is 307 g/mol. The van der Waals surface area contributed by atoms with E-state index >= 15 is 0 Å². The summed E-state index contributed by atoms with van der Waals surface area (Å²) in [5.41, 5.74) is 1.70. The van der Waals surface area contributed by atoms with Crippen LogP contribution >= 0.6 is 0 Å². The van der Waals surface area contributed by atoms with E-state index in [1.54, 1.807) is 55.1 Å². The van der Waals surface area contributed by atoms with Gasteiger partial charge < -0.3 is 5.32 Å². The molecular formula is C16H13N5O2. The largest absolute Gasteiger partial charge is 0.324 e. The first-order chi connectivity index (χ1) is 11.2. The summed E-state index contributed by atoms with van der Waals surface area (Å²) in [6, 6.07) is 9.92. The van der Waals surface area contributed by atoms with Crippen LogP contribution in [0.3, 0.4) is 0 Å². The van der Waals surface area contributed by atoms with Gasteiger partial charge >= 0.3 is 0 Å². The van der Waals surface area contributed by atoms with Crippen LogP contribution in [0.25, 0.3) is 11.3 Å². The summed E-state index contributed by atoms with van der Waals surface area (Å²) in [5.74, 6) is -0.335. The fourth-order valence-electron chi connectivity index (χ4n) is 2.01. The molecule has 7 nitrogen and oxygen atoms in total. The summed E-state index contributed by atoms with van der Waals surface area (Å²) < 4.78 is 1.13. The van der Waals surface area contributed by atoms with Gasteiger partial charge in [-0.2, -0.15) is 5.10 Å². The molecule has 0 atom stereocenters. The predicted molar refractivity (Wildman–Crippen MR) is 84.6 cm³/mol. The number of hydrogen-bond donors (Lipinski definition) is 1. The molecule has 1 N–H and O–H groups in total. The standard InChI is InChI=1S/C16H13N5O2/c22-15(19-13-5-9-18-10-6-13)11-21-16(23)2-1-14(20-21)12-3-7-17-8-4-12/h1-10H,11H2,(H,18,19,22). The molecule has 0 aromatic carbocycles. The maximum absolute atomic E-state index is 12.0. The molecule has 3 aromatic rings. The molecule has 0 spiro atoms. The van der Waals surface area contributed by atoms with E-state index in [0.717, 1.165) is 10.2 Å². The van der Waals surface area contributed by atoms with Crippen molar-refractivity contribution in [2.45, 2.75) is 6.54 Å². The first kappa shape index (κ1) is 14.6. The summed E-state index contributed by atoms with van der Waals surface area (Å²) in [7, 11) is 0. The maximum Gasteiger partial charge on any atom is 0.267 e. The van der Waals surface area contributed by atoms with Gasteiger partial charge in [0.25, 0.3) is 5.56 Å². The lowest BCUT2D eigenvalue weighted by molar-refractivity contribution is -0.117. The Morgan fingerprint density at radius 1 is 0.957 bits per heavy atom. The topological polar surface area (TPSA) is 89.8 Å². The highest BCUT2D eigenvalue weighted by Crippen LogP contribution is 2.13. The minimum atomic E-state index is -0.340. The van der Waals surface area contributed by atoms with Crippen molar-refractivity contribution in [1.82, 2.24) is 19.7 Å². The van der Waals surface area contributed by atoms with Gasteiger partial charge in [0.1, 0.15) is 6.54 Å². The van der Waals surface area contributed by atoms with Gasteiger partial charge in [0.2, 0.25) is 5.91 Å². The molecule has 0 fully saturated rings. The second-order valence-electron chi connectivity index (χ2n) is 4.73. The van der Waals surface area contributed by atoms with E-state index in [9.17, 15) is 9.59 Å². The minimum Gasteiger partial charge on any atom is -0.324 e. The number of carbonyl (C=O) groups is 1. The van der Waals surface area contributed by atoms with E-state index in [0.29, 0.717) is 11.4 Å². The maximum atomic E-state index is 12.0. The minimum absolute atomic E-state index is 0.167. The third kappa shape index (κ3) is 3.65. The highest BCUT2D eigenvalue weighted by Gasteiger charge is 2.08. The number of amides is 1. The van der Waals surface area contributed by atoms with Crippen LogP contribution in [0.5, 0.6) is 0 Å². The predicted octanol–water partition coefficient (Wildman–Crippen LogP) is 1.34. The number of pyridine rings is 2. The number of rotatable bonds is 4. The van der Waals surface area contributed by atoms with Gasteiger partial charge in [-0.15, -0.1) is 0 Å². The molecule has 3 aromatic heterocycles. The van der Waals surface area contributed by atoms with Crippen molar-refractivity contribution in [2.24, 2.45) is 0 Å². The Balaban J connectivity index is 1.80. The lowest BCUT2D eigenvalue weighted by Crippen LogP contribution is -2.29. The number of carbonyl (C=O) groups excluding carboxylic acids is 1. The van der Waals surface area contributed by atoms with Gasteiger partial charge in [-0.3, -0.25) is 19.6 Å². The molecule has 3 heterocycles. The van der Waals surface area contributed by atoms with Crippen LogP contribution in [0.4, 0.5) is 5.69 Å². The van der Waals surface area contributed by atoms with Gasteiger partial charge in [0.15, 0.2) is 0 Å². The number of anilines is 1. The summed E-state index contributed by atoms with van der Waals surface area (Å²) in [5, 5.41) is 6.92. The molecule has 7 heteroatoms. The molecule has 0 saturated heterocycles. The highest BCUT2D eigenvalue weighted by atomic mass is 16.2. The van der Waals surface area contributed by atoms with E-state index in [4.69, 9.17) is 0 Å². The van der Waals surface area contributed by atoms with Crippen molar-refractivity contribution in [3.63, 3.8) is 0 Å².